The van der Waals surface area contributed by atoms with E-state index in [4.69, 9.17) is 4.74 Å². The molecule has 1 heterocycles. The lowest BCUT2D eigenvalue weighted by molar-refractivity contribution is -0.132. The standard InChI is InChI=1S/C20H27N3O2/c1-22(10-7-20(24)23-11-8-21-9-12-23)15-16-3-4-18-14-19(25-2)6-5-17(18)13-16/h3-6,13-14,21H,7-12,15H2,1-2H3. The van der Waals surface area contributed by atoms with Crippen LogP contribution in [0.2, 0.25) is 0 Å². The number of amides is 1. The molecule has 3 rings (SSSR count). The molecule has 1 saturated heterocycles. The Kier molecular flexibility index (Phi) is 5.89. The van der Waals surface area contributed by atoms with Crippen LogP contribution >= 0.6 is 0 Å². The minimum absolute atomic E-state index is 0.263. The summed E-state index contributed by atoms with van der Waals surface area (Å²) >= 11 is 0. The zero-order chi connectivity index (χ0) is 17.6. The molecule has 134 valence electrons. The van der Waals surface area contributed by atoms with Crippen LogP contribution < -0.4 is 10.1 Å². The Labute approximate surface area is 149 Å². The van der Waals surface area contributed by atoms with Gasteiger partial charge in [0, 0.05) is 45.7 Å². The average Bonchev–Trinajstić information content (AvgIpc) is 2.66. The van der Waals surface area contributed by atoms with E-state index in [0.29, 0.717) is 6.42 Å². The van der Waals surface area contributed by atoms with Crippen LogP contribution in [-0.4, -0.2) is 62.6 Å². The number of hydrogen-bond acceptors (Lipinski definition) is 4. The van der Waals surface area contributed by atoms with Crippen LogP contribution in [0.3, 0.4) is 0 Å². The lowest BCUT2D eigenvalue weighted by atomic mass is 10.1. The first-order chi connectivity index (χ1) is 12.2. The molecule has 0 radical (unpaired) electrons. The van der Waals surface area contributed by atoms with Gasteiger partial charge in [0.1, 0.15) is 5.75 Å². The Morgan fingerprint density at radius 3 is 2.64 bits per heavy atom. The fourth-order valence-corrected chi connectivity index (χ4v) is 3.25. The number of methoxy groups -OCH3 is 1. The Bertz CT molecular complexity index is 726. The van der Waals surface area contributed by atoms with Crippen molar-refractivity contribution in [1.29, 1.82) is 0 Å². The maximum Gasteiger partial charge on any atom is 0.223 e. The molecule has 0 saturated carbocycles. The van der Waals surface area contributed by atoms with E-state index in [2.05, 4.69) is 47.6 Å². The number of piperazine rings is 1. The monoisotopic (exact) mass is 341 g/mol. The number of carbonyl (C=O) groups is 1. The smallest absolute Gasteiger partial charge is 0.223 e. The Morgan fingerprint density at radius 1 is 1.16 bits per heavy atom. The summed E-state index contributed by atoms with van der Waals surface area (Å²) in [6.45, 7) is 5.10. The highest BCUT2D eigenvalue weighted by molar-refractivity contribution is 5.84. The van der Waals surface area contributed by atoms with Crippen molar-refractivity contribution in [3.8, 4) is 5.75 Å². The number of ether oxygens (including phenoxy) is 1. The topological polar surface area (TPSA) is 44.8 Å². The highest BCUT2D eigenvalue weighted by Crippen LogP contribution is 2.22. The first kappa shape index (κ1) is 17.7. The number of rotatable bonds is 6. The summed E-state index contributed by atoms with van der Waals surface area (Å²) in [5.74, 6) is 1.14. The van der Waals surface area contributed by atoms with Crippen LogP contribution in [0.25, 0.3) is 10.8 Å². The molecule has 0 aromatic heterocycles. The maximum atomic E-state index is 12.2. The molecule has 1 amide bonds. The van der Waals surface area contributed by atoms with Gasteiger partial charge in [-0.15, -0.1) is 0 Å². The lowest BCUT2D eigenvalue weighted by Gasteiger charge is -2.28. The van der Waals surface area contributed by atoms with Crippen molar-refractivity contribution >= 4 is 16.7 Å². The second kappa shape index (κ2) is 8.32. The van der Waals surface area contributed by atoms with Crippen molar-refractivity contribution < 1.29 is 9.53 Å². The molecule has 1 fully saturated rings. The number of carbonyl (C=O) groups excluding carboxylic acids is 1. The van der Waals surface area contributed by atoms with Crippen LogP contribution in [0.4, 0.5) is 0 Å². The third kappa shape index (κ3) is 4.71. The number of nitrogens with zero attached hydrogens (tertiary/aromatic N) is 2. The lowest BCUT2D eigenvalue weighted by Crippen LogP contribution is -2.47. The van der Waals surface area contributed by atoms with Crippen LogP contribution in [0, 0.1) is 0 Å². The van der Waals surface area contributed by atoms with Gasteiger partial charge < -0.3 is 19.9 Å². The number of benzene rings is 2. The molecule has 0 aliphatic carbocycles. The third-order valence-electron chi connectivity index (χ3n) is 4.74. The highest BCUT2D eigenvalue weighted by atomic mass is 16.5. The maximum absolute atomic E-state index is 12.2. The van der Waals surface area contributed by atoms with E-state index in [0.717, 1.165) is 45.0 Å². The van der Waals surface area contributed by atoms with Gasteiger partial charge in [-0.1, -0.05) is 18.2 Å². The van der Waals surface area contributed by atoms with E-state index in [9.17, 15) is 4.79 Å². The molecule has 5 nitrogen and oxygen atoms in total. The van der Waals surface area contributed by atoms with Crippen molar-refractivity contribution in [3.05, 3.63) is 42.0 Å². The Balaban J connectivity index is 1.54. The normalized spacial score (nSPS) is 14.9. The third-order valence-corrected chi connectivity index (χ3v) is 4.74. The van der Waals surface area contributed by atoms with Gasteiger partial charge in [-0.2, -0.15) is 0 Å². The molecule has 2 aromatic carbocycles. The molecule has 1 N–H and O–H groups in total. The van der Waals surface area contributed by atoms with Crippen LogP contribution in [-0.2, 0) is 11.3 Å². The summed E-state index contributed by atoms with van der Waals surface area (Å²) in [6, 6.07) is 12.6. The van der Waals surface area contributed by atoms with Gasteiger partial charge in [0.25, 0.3) is 0 Å². The van der Waals surface area contributed by atoms with E-state index >= 15 is 0 Å². The van der Waals surface area contributed by atoms with Gasteiger partial charge in [-0.25, -0.2) is 0 Å². The SMILES string of the molecule is COc1ccc2cc(CN(C)CCC(=O)N3CCNCC3)ccc2c1. The second-order valence-electron chi connectivity index (χ2n) is 6.67. The quantitative estimate of drug-likeness (QED) is 0.874. The highest BCUT2D eigenvalue weighted by Gasteiger charge is 2.16. The fourth-order valence-electron chi connectivity index (χ4n) is 3.25. The van der Waals surface area contributed by atoms with E-state index < -0.39 is 0 Å². The molecule has 25 heavy (non-hydrogen) atoms. The zero-order valence-electron chi connectivity index (χ0n) is 15.1. The molecule has 0 unspecified atom stereocenters. The number of fused-ring (bicyclic) bond motifs is 1. The second-order valence-corrected chi connectivity index (χ2v) is 6.67. The summed E-state index contributed by atoms with van der Waals surface area (Å²) in [4.78, 5) is 16.4. The molecule has 0 bridgehead atoms. The molecule has 1 aliphatic rings. The van der Waals surface area contributed by atoms with Gasteiger partial charge in [0.2, 0.25) is 5.91 Å². The van der Waals surface area contributed by atoms with Crippen LogP contribution in [0.15, 0.2) is 36.4 Å². The van der Waals surface area contributed by atoms with Gasteiger partial charge in [0.05, 0.1) is 7.11 Å². The van der Waals surface area contributed by atoms with Crippen LogP contribution in [0.1, 0.15) is 12.0 Å². The van der Waals surface area contributed by atoms with Crippen molar-refractivity contribution in [3.63, 3.8) is 0 Å². The molecule has 0 atom stereocenters. The number of nitrogens with one attached hydrogen (secondary N) is 1. The van der Waals surface area contributed by atoms with Crippen molar-refractivity contribution in [2.75, 3.05) is 46.9 Å². The Hall–Kier alpha value is -2.11. The summed E-state index contributed by atoms with van der Waals surface area (Å²) in [6.07, 6.45) is 0.585. The zero-order valence-corrected chi connectivity index (χ0v) is 15.1. The summed E-state index contributed by atoms with van der Waals surface area (Å²) in [5.41, 5.74) is 1.26. The molecule has 1 aliphatic heterocycles. The fraction of sp³-hybridized carbons (Fsp3) is 0.450. The molecule has 2 aromatic rings. The van der Waals surface area contributed by atoms with E-state index in [-0.39, 0.29) is 5.91 Å². The van der Waals surface area contributed by atoms with Gasteiger partial charge in [-0.05, 0) is 41.6 Å². The number of hydrogen-bond donors (Lipinski definition) is 1. The largest absolute Gasteiger partial charge is 0.497 e. The summed E-state index contributed by atoms with van der Waals surface area (Å²) in [7, 11) is 3.76. The Morgan fingerprint density at radius 2 is 1.88 bits per heavy atom. The van der Waals surface area contributed by atoms with Gasteiger partial charge in [0.15, 0.2) is 0 Å². The van der Waals surface area contributed by atoms with Crippen molar-refractivity contribution in [2.24, 2.45) is 0 Å². The van der Waals surface area contributed by atoms with Crippen LogP contribution in [0.5, 0.6) is 5.75 Å². The predicted octanol–water partition coefficient (Wildman–Crippen LogP) is 2.10. The minimum atomic E-state index is 0.263. The van der Waals surface area contributed by atoms with E-state index in [1.807, 2.05) is 11.0 Å². The van der Waals surface area contributed by atoms with E-state index in [1.165, 1.54) is 16.3 Å². The van der Waals surface area contributed by atoms with Gasteiger partial charge >= 0.3 is 0 Å². The summed E-state index contributed by atoms with van der Waals surface area (Å²) in [5, 5.41) is 5.67. The molecular formula is C20H27N3O2. The molecular weight excluding hydrogens is 314 g/mol. The first-order valence-electron chi connectivity index (χ1n) is 8.89. The van der Waals surface area contributed by atoms with Gasteiger partial charge in [-0.3, -0.25) is 4.79 Å². The molecule has 0 spiro atoms. The van der Waals surface area contributed by atoms with Crippen molar-refractivity contribution in [2.45, 2.75) is 13.0 Å². The van der Waals surface area contributed by atoms with E-state index in [1.54, 1.807) is 7.11 Å². The summed E-state index contributed by atoms with van der Waals surface area (Å²) < 4.78 is 5.27. The minimum Gasteiger partial charge on any atom is -0.497 e. The average molecular weight is 341 g/mol. The first-order valence-corrected chi connectivity index (χ1v) is 8.89. The molecule has 5 heteroatoms. The predicted molar refractivity (Wildman–Crippen MR) is 101 cm³/mol. The van der Waals surface area contributed by atoms with Crippen molar-refractivity contribution in [1.82, 2.24) is 15.1 Å².